The highest BCUT2D eigenvalue weighted by Crippen LogP contribution is 2.53. The predicted molar refractivity (Wildman–Crippen MR) is 458 cm³/mol. The third kappa shape index (κ3) is 29.2. The van der Waals surface area contributed by atoms with Crippen LogP contribution in [0.25, 0.3) is 70.7 Å². The van der Waals surface area contributed by atoms with Gasteiger partial charge in [-0.15, -0.1) is 79.4 Å². The molecule has 7 aromatic heterocycles. The molecule has 0 radical (unpaired) electrons. The standard InChI is InChI=1S/C90H122F6O6S7/c1-9-17-23-29-35-41-47-63-55-69(61-71(87(99)101-15-7)85(97)89(91,92)93)103-81(63)75-59-67(51-45-39-33-27-21-13-5)83(108-75)77-57-65(49-43-37-31-25-19-11-3)79(106-77)73-53-54-74(105-73)80-66(50-44-38-32-26-20-12-4)58-78(107-80)84-68(52-46-40-34-28-22-14-6)60-76(109-84)82-64(48-42-36-30-24-18-10-2)56-70(104-82)62-72(88(100)102-16-8)86(98)90(94,95)96/h53-62H,9-52H2,1-8H3. The van der Waals surface area contributed by atoms with Gasteiger partial charge in [0.25, 0.3) is 11.6 Å². The molecule has 0 saturated heterocycles. The summed E-state index contributed by atoms with van der Waals surface area (Å²) in [5.41, 5.74) is 5.20. The first kappa shape index (κ1) is 91.4. The molecule has 7 aromatic rings. The van der Waals surface area contributed by atoms with Crippen molar-refractivity contribution in [2.45, 2.75) is 337 Å². The Hall–Kier alpha value is -4.76. The number of aryl methyl sites for hydroxylation is 6. The van der Waals surface area contributed by atoms with E-state index in [0.717, 1.165) is 223 Å². The van der Waals surface area contributed by atoms with Crippen molar-refractivity contribution >= 4 is 115 Å². The number of carbonyl (C=O) groups excluding carboxylic acids is 4. The summed E-state index contributed by atoms with van der Waals surface area (Å²) in [6.07, 6.45) is 37.4. The SMILES string of the molecule is CCCCCCCCc1cc(C=C(C(=O)OCC)C(=O)C(F)(F)F)sc1-c1cc(CCCCCCCC)c(-c2cc(CCCCCCCC)c(-c3ccc(-c4sc(-c5sc(-c6sc(C=C(C(=O)OCC)C(=O)C(F)(F)F)cc6CCCCCCCC)cc5CCCCCCCC)cc4CCCCCCCC)s3)s2)s1. The Morgan fingerprint density at radius 1 is 0.284 bits per heavy atom. The third-order valence-electron chi connectivity index (χ3n) is 20.2. The van der Waals surface area contributed by atoms with Crippen LogP contribution in [0, 0.1) is 0 Å². The monoisotopic (exact) mass is 1640 g/mol. The number of ether oxygens (including phenoxy) is 2. The predicted octanol–water partition coefficient (Wildman–Crippen LogP) is 31.7. The number of carbonyl (C=O) groups is 4. The van der Waals surface area contributed by atoms with E-state index < -0.39 is 47.0 Å². The minimum absolute atomic E-state index is 0.173. The van der Waals surface area contributed by atoms with Crippen molar-refractivity contribution in [3.8, 4) is 58.5 Å². The van der Waals surface area contributed by atoms with Crippen LogP contribution in [0.2, 0.25) is 0 Å². The third-order valence-corrected chi connectivity index (χ3v) is 29.3. The molecule has 0 N–H and O–H groups in total. The quantitative estimate of drug-likeness (QED) is 0.00943. The minimum atomic E-state index is -5.26. The lowest BCUT2D eigenvalue weighted by Crippen LogP contribution is -2.29. The van der Waals surface area contributed by atoms with Crippen LogP contribution in [0.3, 0.4) is 0 Å². The molecule has 7 heterocycles. The van der Waals surface area contributed by atoms with E-state index in [1.807, 2.05) is 46.1 Å². The number of esters is 2. The van der Waals surface area contributed by atoms with Gasteiger partial charge in [-0.2, -0.15) is 26.3 Å². The zero-order chi connectivity index (χ0) is 78.6. The highest BCUT2D eigenvalue weighted by atomic mass is 32.1. The normalized spacial score (nSPS) is 12.3. The molecule has 0 atom stereocenters. The molecule has 19 heteroatoms. The summed E-state index contributed by atoms with van der Waals surface area (Å²) in [5.74, 6) is -6.99. The van der Waals surface area contributed by atoms with Crippen molar-refractivity contribution in [3.05, 3.63) is 103 Å². The van der Waals surface area contributed by atoms with Gasteiger partial charge in [-0.3, -0.25) is 9.59 Å². The zero-order valence-electron chi connectivity index (χ0n) is 66.5. The number of alkyl halides is 6. The summed E-state index contributed by atoms with van der Waals surface area (Å²) < 4.78 is 95.3. The van der Waals surface area contributed by atoms with Gasteiger partial charge in [0.1, 0.15) is 11.1 Å². The molecule has 0 bridgehead atoms. The van der Waals surface area contributed by atoms with Crippen LogP contribution in [0.5, 0.6) is 0 Å². The number of thiophene rings is 7. The van der Waals surface area contributed by atoms with Crippen molar-refractivity contribution in [2.24, 2.45) is 0 Å². The van der Waals surface area contributed by atoms with E-state index in [-0.39, 0.29) is 13.2 Å². The largest absolute Gasteiger partial charge is 0.462 e. The van der Waals surface area contributed by atoms with Gasteiger partial charge in [0.15, 0.2) is 0 Å². The van der Waals surface area contributed by atoms with Crippen LogP contribution in [-0.4, -0.2) is 49.1 Å². The number of unbranched alkanes of at least 4 members (excludes halogenated alkanes) is 30. The number of halogens is 6. The first-order valence-corrected chi connectivity index (χ1v) is 47.3. The van der Waals surface area contributed by atoms with Crippen LogP contribution in [0.15, 0.2) is 59.7 Å². The van der Waals surface area contributed by atoms with Crippen LogP contribution in [-0.2, 0) is 67.2 Å². The zero-order valence-corrected chi connectivity index (χ0v) is 72.2. The van der Waals surface area contributed by atoms with Gasteiger partial charge in [-0.05, 0) is 185 Å². The number of hydrogen-bond donors (Lipinski definition) is 0. The molecular formula is C90H122F6O6S7. The second-order valence-corrected chi connectivity index (χ2v) is 36.8. The van der Waals surface area contributed by atoms with Crippen LogP contribution in [0.1, 0.15) is 330 Å². The maximum atomic E-state index is 14.2. The van der Waals surface area contributed by atoms with Gasteiger partial charge in [0.05, 0.1) is 13.2 Å². The molecule has 109 heavy (non-hydrogen) atoms. The first-order valence-electron chi connectivity index (χ1n) is 41.6. The second-order valence-electron chi connectivity index (χ2n) is 29.3. The van der Waals surface area contributed by atoms with Crippen molar-refractivity contribution < 1.29 is 55.0 Å². The van der Waals surface area contributed by atoms with E-state index in [9.17, 15) is 45.5 Å². The van der Waals surface area contributed by atoms with Gasteiger partial charge >= 0.3 is 24.3 Å². The Morgan fingerprint density at radius 3 is 0.725 bits per heavy atom. The van der Waals surface area contributed by atoms with Gasteiger partial charge in [-0.1, -0.05) is 234 Å². The van der Waals surface area contributed by atoms with E-state index >= 15 is 0 Å². The maximum Gasteiger partial charge on any atom is 0.455 e. The van der Waals surface area contributed by atoms with Crippen molar-refractivity contribution in [1.29, 1.82) is 0 Å². The molecule has 602 valence electrons. The summed E-state index contributed by atoms with van der Waals surface area (Å²) >= 11 is 11.8. The lowest BCUT2D eigenvalue weighted by molar-refractivity contribution is -0.168. The Labute approximate surface area is 676 Å². The van der Waals surface area contributed by atoms with Gasteiger partial charge in [0, 0.05) is 68.3 Å². The van der Waals surface area contributed by atoms with Gasteiger partial charge in [-0.25, -0.2) is 9.59 Å². The highest BCUT2D eigenvalue weighted by Gasteiger charge is 2.45. The highest BCUT2D eigenvalue weighted by molar-refractivity contribution is 7.31. The summed E-state index contributed by atoms with van der Waals surface area (Å²) in [6.45, 7) is 16.0. The average molecular weight is 1640 g/mol. The van der Waals surface area contributed by atoms with E-state index in [1.165, 1.54) is 175 Å². The molecule has 0 aliphatic heterocycles. The Kier molecular flexibility index (Phi) is 41.2. The fourth-order valence-corrected chi connectivity index (χ4v) is 23.2. The van der Waals surface area contributed by atoms with Crippen molar-refractivity contribution in [1.82, 2.24) is 0 Å². The average Bonchev–Trinajstić information content (AvgIpc) is 1.62. The van der Waals surface area contributed by atoms with Gasteiger partial charge < -0.3 is 9.47 Å². The van der Waals surface area contributed by atoms with E-state index in [4.69, 9.17) is 9.47 Å². The Balaban J connectivity index is 1.38. The van der Waals surface area contributed by atoms with Gasteiger partial charge in [0.2, 0.25) is 0 Å². The Morgan fingerprint density at radius 2 is 0.495 bits per heavy atom. The molecule has 0 spiro atoms. The smallest absolute Gasteiger partial charge is 0.455 e. The number of hydrogen-bond acceptors (Lipinski definition) is 13. The van der Waals surface area contributed by atoms with Crippen LogP contribution >= 0.6 is 79.4 Å². The molecule has 0 fully saturated rings. The van der Waals surface area contributed by atoms with Crippen molar-refractivity contribution in [3.63, 3.8) is 0 Å². The summed E-state index contributed by atoms with van der Waals surface area (Å²) in [5, 5.41) is 0. The first-order chi connectivity index (χ1) is 52.7. The molecule has 0 amide bonds. The number of Topliss-reactive ketones (excluding diaryl/α,β-unsaturated/α-hetero) is 2. The molecule has 0 aromatic carbocycles. The molecule has 0 aliphatic carbocycles. The topological polar surface area (TPSA) is 86.7 Å². The van der Waals surface area contributed by atoms with E-state index in [1.54, 1.807) is 22.7 Å². The van der Waals surface area contributed by atoms with Crippen LogP contribution < -0.4 is 0 Å². The number of ketones is 2. The fraction of sp³-hybridized carbons (Fsp3) is 0.600. The van der Waals surface area contributed by atoms with E-state index in [0.29, 0.717) is 22.6 Å². The molecule has 7 rings (SSSR count). The molecular weight excluding hydrogens is 1520 g/mol. The summed E-state index contributed by atoms with van der Waals surface area (Å²) in [7, 11) is 0. The molecule has 0 aliphatic rings. The fourth-order valence-electron chi connectivity index (χ4n) is 14.2. The number of rotatable bonds is 56. The maximum absolute atomic E-state index is 14.2. The summed E-state index contributed by atoms with van der Waals surface area (Å²) in [6, 6.07) is 18.0. The lowest BCUT2D eigenvalue weighted by Gasteiger charge is -2.08. The van der Waals surface area contributed by atoms with E-state index in [2.05, 4.69) is 77.9 Å². The van der Waals surface area contributed by atoms with Crippen LogP contribution in [0.4, 0.5) is 26.3 Å². The van der Waals surface area contributed by atoms with Crippen molar-refractivity contribution in [2.75, 3.05) is 13.2 Å². The molecule has 0 unspecified atom stereocenters. The minimum Gasteiger partial charge on any atom is -0.462 e. The molecule has 0 saturated carbocycles. The summed E-state index contributed by atoms with van der Waals surface area (Å²) in [4.78, 5) is 66.9. The Bertz CT molecular complexity index is 3680. The molecule has 6 nitrogen and oxygen atoms in total. The second kappa shape index (κ2) is 49.1. The lowest BCUT2D eigenvalue weighted by atomic mass is 10.0.